The lowest BCUT2D eigenvalue weighted by Gasteiger charge is -2.15. The van der Waals surface area contributed by atoms with Crippen LogP contribution in [0, 0.1) is 0 Å². The topological polar surface area (TPSA) is 72.6 Å². The molecule has 0 unspecified atom stereocenters. The molecule has 3 heterocycles. The molecule has 0 spiro atoms. The molecule has 0 aliphatic rings. The summed E-state index contributed by atoms with van der Waals surface area (Å²) in [7, 11) is 1.63. The average Bonchev–Trinajstić information content (AvgIpc) is 3.34. The Morgan fingerprint density at radius 3 is 2.88 bits per heavy atom. The van der Waals surface area contributed by atoms with Crippen LogP contribution in [0.25, 0.3) is 9.88 Å². The molecule has 3 aromatic heterocycles. The molecule has 0 radical (unpaired) electrons. The van der Waals surface area contributed by atoms with Crippen LogP contribution in [0.5, 0.6) is 0 Å². The van der Waals surface area contributed by atoms with Gasteiger partial charge in [0, 0.05) is 12.4 Å². The Kier molecular flexibility index (Phi) is 5.62. The molecule has 8 heteroatoms. The molecule has 0 N–H and O–H groups in total. The molecule has 6 nitrogen and oxygen atoms in total. The van der Waals surface area contributed by atoms with Gasteiger partial charge in [0.1, 0.15) is 10.8 Å². The van der Waals surface area contributed by atoms with Gasteiger partial charge in [-0.1, -0.05) is 6.07 Å². The molecule has 0 fully saturated rings. The minimum Gasteiger partial charge on any atom is -0.467 e. The standard InChI is InChI=1S/C17H16N2O4S2/c1-19(9-13-4-2-6-22-13)15(20)10-23-16(21)8-12-11-25-17(18-12)14-5-3-7-24-14/h2-7,11H,8-10H2,1H3. The Bertz CT molecular complexity index is 825. The van der Waals surface area contributed by atoms with Crippen LogP contribution in [0.2, 0.25) is 0 Å². The molecule has 25 heavy (non-hydrogen) atoms. The summed E-state index contributed by atoms with van der Waals surface area (Å²) in [5.74, 6) is -0.0872. The quantitative estimate of drug-likeness (QED) is 0.592. The van der Waals surface area contributed by atoms with Gasteiger partial charge in [0.25, 0.3) is 5.91 Å². The maximum absolute atomic E-state index is 12.0. The SMILES string of the molecule is CN(Cc1ccco1)C(=O)COC(=O)Cc1csc(-c2cccs2)n1. The highest BCUT2D eigenvalue weighted by Gasteiger charge is 2.15. The van der Waals surface area contributed by atoms with E-state index >= 15 is 0 Å². The molecule has 1 amide bonds. The lowest BCUT2D eigenvalue weighted by Crippen LogP contribution is -2.30. The van der Waals surface area contributed by atoms with Gasteiger partial charge < -0.3 is 14.1 Å². The fraction of sp³-hybridized carbons (Fsp3) is 0.235. The minimum absolute atomic E-state index is 0.0526. The Labute approximate surface area is 152 Å². The fourth-order valence-electron chi connectivity index (χ4n) is 2.08. The molecule has 0 atom stereocenters. The monoisotopic (exact) mass is 376 g/mol. The fourth-order valence-corrected chi connectivity index (χ4v) is 3.71. The van der Waals surface area contributed by atoms with Crippen molar-refractivity contribution < 1.29 is 18.7 Å². The number of furan rings is 1. The molecule has 0 saturated heterocycles. The number of hydrogen-bond donors (Lipinski definition) is 0. The first-order chi connectivity index (χ1) is 12.1. The number of carbonyl (C=O) groups is 2. The third kappa shape index (κ3) is 4.77. The molecular weight excluding hydrogens is 360 g/mol. The highest BCUT2D eigenvalue weighted by molar-refractivity contribution is 7.20. The Hall–Kier alpha value is -2.45. The first-order valence-electron chi connectivity index (χ1n) is 7.52. The Morgan fingerprint density at radius 1 is 1.28 bits per heavy atom. The first-order valence-corrected chi connectivity index (χ1v) is 9.28. The van der Waals surface area contributed by atoms with E-state index in [0.29, 0.717) is 18.0 Å². The maximum atomic E-state index is 12.0. The first kappa shape index (κ1) is 17.4. The van der Waals surface area contributed by atoms with Gasteiger partial charge in [-0.15, -0.1) is 22.7 Å². The highest BCUT2D eigenvalue weighted by Crippen LogP contribution is 2.27. The van der Waals surface area contributed by atoms with E-state index in [9.17, 15) is 9.59 Å². The van der Waals surface area contributed by atoms with Gasteiger partial charge in [-0.3, -0.25) is 9.59 Å². The van der Waals surface area contributed by atoms with Gasteiger partial charge in [0.05, 0.1) is 29.8 Å². The van der Waals surface area contributed by atoms with Crippen molar-refractivity contribution in [1.82, 2.24) is 9.88 Å². The van der Waals surface area contributed by atoms with Crippen molar-refractivity contribution in [3.8, 4) is 9.88 Å². The van der Waals surface area contributed by atoms with Crippen molar-refractivity contribution in [2.45, 2.75) is 13.0 Å². The number of thiophene rings is 1. The van der Waals surface area contributed by atoms with E-state index in [2.05, 4.69) is 4.98 Å². The average molecular weight is 376 g/mol. The molecule has 3 aromatic rings. The Balaban J connectivity index is 1.45. The van der Waals surface area contributed by atoms with E-state index < -0.39 is 5.97 Å². The van der Waals surface area contributed by atoms with Crippen LogP contribution in [-0.2, 0) is 27.3 Å². The van der Waals surface area contributed by atoms with E-state index in [1.807, 2.05) is 22.9 Å². The van der Waals surface area contributed by atoms with Gasteiger partial charge >= 0.3 is 5.97 Å². The summed E-state index contributed by atoms with van der Waals surface area (Å²) >= 11 is 3.09. The van der Waals surface area contributed by atoms with Crippen LogP contribution >= 0.6 is 22.7 Å². The van der Waals surface area contributed by atoms with Crippen LogP contribution in [0.3, 0.4) is 0 Å². The van der Waals surface area contributed by atoms with E-state index in [0.717, 1.165) is 9.88 Å². The third-order valence-corrected chi connectivity index (χ3v) is 5.29. The maximum Gasteiger partial charge on any atom is 0.312 e. The van der Waals surface area contributed by atoms with Crippen LogP contribution in [0.1, 0.15) is 11.5 Å². The summed E-state index contributed by atoms with van der Waals surface area (Å²) in [4.78, 5) is 30.8. The predicted octanol–water partition coefficient (Wildman–Crippen LogP) is 3.21. The van der Waals surface area contributed by atoms with Gasteiger partial charge in [0.15, 0.2) is 6.61 Å². The van der Waals surface area contributed by atoms with Crippen LogP contribution in [0.4, 0.5) is 0 Å². The summed E-state index contributed by atoms with van der Waals surface area (Å²) in [6, 6.07) is 7.48. The number of nitrogens with zero attached hydrogens (tertiary/aromatic N) is 2. The summed E-state index contributed by atoms with van der Waals surface area (Å²) in [5.41, 5.74) is 0.648. The van der Waals surface area contributed by atoms with Gasteiger partial charge in [-0.05, 0) is 23.6 Å². The normalized spacial score (nSPS) is 10.6. The number of carbonyl (C=O) groups excluding carboxylic acids is 2. The summed E-state index contributed by atoms with van der Waals surface area (Å²) in [5, 5.41) is 4.70. The number of aromatic nitrogens is 1. The molecule has 3 rings (SSSR count). The highest BCUT2D eigenvalue weighted by atomic mass is 32.1. The van der Waals surface area contributed by atoms with Gasteiger partial charge in [0.2, 0.25) is 0 Å². The lowest BCUT2D eigenvalue weighted by atomic mass is 10.3. The summed E-state index contributed by atoms with van der Waals surface area (Å²) in [6.45, 7) is 0.0393. The predicted molar refractivity (Wildman–Crippen MR) is 95.3 cm³/mol. The van der Waals surface area contributed by atoms with Gasteiger partial charge in [-0.2, -0.15) is 0 Å². The second kappa shape index (κ2) is 8.09. The smallest absolute Gasteiger partial charge is 0.312 e. The molecular formula is C17H16N2O4S2. The molecule has 0 aromatic carbocycles. The number of thiazole rings is 1. The van der Waals surface area contributed by atoms with Crippen molar-refractivity contribution in [2.75, 3.05) is 13.7 Å². The number of ether oxygens (including phenoxy) is 1. The zero-order valence-corrected chi connectivity index (χ0v) is 15.1. The molecule has 0 saturated carbocycles. The van der Waals surface area contributed by atoms with E-state index in [1.54, 1.807) is 36.8 Å². The number of amides is 1. The largest absolute Gasteiger partial charge is 0.467 e. The van der Waals surface area contributed by atoms with Crippen LogP contribution in [-0.4, -0.2) is 35.4 Å². The number of likely N-dealkylation sites (N-methyl/N-ethyl adjacent to an activating group) is 1. The minimum atomic E-state index is -0.470. The summed E-state index contributed by atoms with van der Waals surface area (Å²) in [6.07, 6.45) is 1.60. The van der Waals surface area contributed by atoms with E-state index in [-0.39, 0.29) is 18.9 Å². The zero-order chi connectivity index (χ0) is 17.6. The van der Waals surface area contributed by atoms with Crippen molar-refractivity contribution in [1.29, 1.82) is 0 Å². The van der Waals surface area contributed by atoms with Crippen LogP contribution in [0.15, 0.2) is 45.7 Å². The number of hydrogen-bond acceptors (Lipinski definition) is 7. The van der Waals surface area contributed by atoms with Gasteiger partial charge in [-0.25, -0.2) is 4.98 Å². The van der Waals surface area contributed by atoms with Crippen LogP contribution < -0.4 is 0 Å². The third-order valence-electron chi connectivity index (χ3n) is 3.36. The van der Waals surface area contributed by atoms with Crippen molar-refractivity contribution >= 4 is 34.6 Å². The van der Waals surface area contributed by atoms with Crippen molar-refractivity contribution in [3.05, 3.63) is 52.7 Å². The Morgan fingerprint density at radius 2 is 2.16 bits per heavy atom. The lowest BCUT2D eigenvalue weighted by molar-refractivity contribution is -0.151. The summed E-state index contributed by atoms with van der Waals surface area (Å²) < 4.78 is 10.2. The second-order valence-electron chi connectivity index (χ2n) is 5.29. The van der Waals surface area contributed by atoms with E-state index in [4.69, 9.17) is 9.15 Å². The molecule has 0 aliphatic carbocycles. The zero-order valence-electron chi connectivity index (χ0n) is 13.5. The second-order valence-corrected chi connectivity index (χ2v) is 7.09. The molecule has 130 valence electrons. The number of rotatable bonds is 7. The van der Waals surface area contributed by atoms with E-state index in [1.165, 1.54) is 16.2 Å². The van der Waals surface area contributed by atoms with Crippen molar-refractivity contribution in [2.24, 2.45) is 0 Å². The molecule has 0 aliphatic heterocycles. The number of esters is 1. The molecule has 0 bridgehead atoms. The van der Waals surface area contributed by atoms with Crippen molar-refractivity contribution in [3.63, 3.8) is 0 Å².